The second-order valence-electron chi connectivity index (χ2n) is 4.98. The highest BCUT2D eigenvalue weighted by atomic mass is 16.4. The number of carbonyl (C=O) groups is 1. The Morgan fingerprint density at radius 2 is 1.81 bits per heavy atom. The van der Waals surface area contributed by atoms with E-state index in [1.165, 1.54) is 0 Å². The van der Waals surface area contributed by atoms with Crippen LogP contribution in [0.1, 0.15) is 16.1 Å². The summed E-state index contributed by atoms with van der Waals surface area (Å²) in [4.78, 5) is 25.8. The minimum absolute atomic E-state index is 0.101. The van der Waals surface area contributed by atoms with Crippen molar-refractivity contribution in [1.29, 1.82) is 0 Å². The van der Waals surface area contributed by atoms with Crippen molar-refractivity contribution in [1.82, 2.24) is 4.98 Å². The van der Waals surface area contributed by atoms with Crippen molar-refractivity contribution in [3.8, 4) is 11.1 Å². The average Bonchev–Trinajstić information content (AvgIpc) is 2.46. The zero-order valence-corrected chi connectivity index (χ0v) is 11.4. The van der Waals surface area contributed by atoms with Gasteiger partial charge in [0.15, 0.2) is 5.43 Å². The van der Waals surface area contributed by atoms with Crippen molar-refractivity contribution in [3.63, 3.8) is 0 Å². The van der Waals surface area contributed by atoms with Gasteiger partial charge in [-0.2, -0.15) is 0 Å². The molecule has 104 valence electrons. The van der Waals surface area contributed by atoms with Crippen LogP contribution in [0.15, 0.2) is 53.3 Å². The molecular weight excluding hydrogens is 266 g/mol. The predicted octanol–water partition coefficient (Wildman–Crippen LogP) is 3.20. The molecule has 0 fully saturated rings. The van der Waals surface area contributed by atoms with Gasteiger partial charge >= 0.3 is 5.97 Å². The molecule has 0 aliphatic carbocycles. The van der Waals surface area contributed by atoms with Gasteiger partial charge in [0.2, 0.25) is 0 Å². The molecule has 0 atom stereocenters. The molecule has 0 bridgehead atoms. The summed E-state index contributed by atoms with van der Waals surface area (Å²) in [5.74, 6) is -1.14. The number of carboxylic acids is 1. The fraction of sp³-hybridized carbons (Fsp3) is 0.0588. The minimum Gasteiger partial charge on any atom is -0.477 e. The Hall–Kier alpha value is -2.88. The zero-order valence-electron chi connectivity index (χ0n) is 11.4. The maximum absolute atomic E-state index is 12.1. The van der Waals surface area contributed by atoms with E-state index in [1.54, 1.807) is 12.1 Å². The summed E-state index contributed by atoms with van der Waals surface area (Å²) in [6.07, 6.45) is 0. The molecule has 4 nitrogen and oxygen atoms in total. The molecule has 0 radical (unpaired) electrons. The number of pyridine rings is 1. The highest BCUT2D eigenvalue weighted by Crippen LogP contribution is 2.23. The third-order valence-electron chi connectivity index (χ3n) is 3.41. The molecule has 1 heterocycles. The van der Waals surface area contributed by atoms with Crippen LogP contribution in [0.2, 0.25) is 0 Å². The molecule has 0 spiro atoms. The number of aromatic nitrogens is 1. The summed E-state index contributed by atoms with van der Waals surface area (Å²) in [6, 6.07) is 14.5. The molecule has 0 aliphatic rings. The molecule has 0 amide bonds. The van der Waals surface area contributed by atoms with E-state index in [-0.39, 0.29) is 11.1 Å². The lowest BCUT2D eigenvalue weighted by Crippen LogP contribution is -2.09. The highest BCUT2D eigenvalue weighted by molar-refractivity contribution is 5.91. The topological polar surface area (TPSA) is 70.2 Å². The van der Waals surface area contributed by atoms with Gasteiger partial charge in [-0.3, -0.25) is 4.79 Å². The van der Waals surface area contributed by atoms with Crippen LogP contribution in [-0.2, 0) is 0 Å². The first kappa shape index (κ1) is 13.1. The first-order valence-corrected chi connectivity index (χ1v) is 6.52. The number of nitrogens with one attached hydrogen (secondary N) is 1. The fourth-order valence-corrected chi connectivity index (χ4v) is 2.37. The Balaban J connectivity index is 2.21. The van der Waals surface area contributed by atoms with Gasteiger partial charge in [0, 0.05) is 17.0 Å². The summed E-state index contributed by atoms with van der Waals surface area (Å²) < 4.78 is 0. The first-order chi connectivity index (χ1) is 10.0. The van der Waals surface area contributed by atoms with E-state index in [0.29, 0.717) is 10.9 Å². The van der Waals surface area contributed by atoms with E-state index in [2.05, 4.69) is 4.98 Å². The average molecular weight is 279 g/mol. The number of hydrogen-bond donors (Lipinski definition) is 2. The molecule has 0 saturated carbocycles. The lowest BCUT2D eigenvalue weighted by atomic mass is 10.0. The van der Waals surface area contributed by atoms with Crippen molar-refractivity contribution in [2.24, 2.45) is 0 Å². The summed E-state index contributed by atoms with van der Waals surface area (Å²) >= 11 is 0. The number of carboxylic acid groups (broad SMARTS) is 1. The van der Waals surface area contributed by atoms with Crippen LogP contribution in [-0.4, -0.2) is 16.1 Å². The maximum Gasteiger partial charge on any atom is 0.352 e. The third kappa shape index (κ3) is 2.43. The predicted molar refractivity (Wildman–Crippen MR) is 81.7 cm³/mol. The molecular formula is C17H13NO3. The summed E-state index contributed by atoms with van der Waals surface area (Å²) in [5.41, 5.74) is 3.23. The van der Waals surface area contributed by atoms with E-state index in [0.717, 1.165) is 22.8 Å². The van der Waals surface area contributed by atoms with Crippen LogP contribution in [0.5, 0.6) is 0 Å². The lowest BCUT2D eigenvalue weighted by Gasteiger charge is -2.06. The molecule has 2 aromatic carbocycles. The smallest absolute Gasteiger partial charge is 0.352 e. The van der Waals surface area contributed by atoms with Gasteiger partial charge in [-0.25, -0.2) is 4.79 Å². The van der Waals surface area contributed by atoms with Crippen LogP contribution in [0.3, 0.4) is 0 Å². The van der Waals surface area contributed by atoms with Gasteiger partial charge in [-0.15, -0.1) is 0 Å². The second kappa shape index (κ2) is 4.90. The number of hydrogen-bond acceptors (Lipinski definition) is 2. The van der Waals surface area contributed by atoms with Crippen LogP contribution in [0.25, 0.3) is 22.0 Å². The Morgan fingerprint density at radius 1 is 1.05 bits per heavy atom. The first-order valence-electron chi connectivity index (χ1n) is 6.52. The maximum atomic E-state index is 12.1. The molecule has 3 rings (SSSR count). The number of rotatable bonds is 2. The van der Waals surface area contributed by atoms with E-state index < -0.39 is 5.97 Å². The quantitative estimate of drug-likeness (QED) is 0.756. The van der Waals surface area contributed by atoms with Crippen molar-refractivity contribution < 1.29 is 9.90 Å². The number of aromatic carboxylic acids is 1. The number of aromatic amines is 1. The van der Waals surface area contributed by atoms with Gasteiger partial charge < -0.3 is 10.1 Å². The zero-order chi connectivity index (χ0) is 15.0. The Kier molecular flexibility index (Phi) is 3.06. The van der Waals surface area contributed by atoms with E-state index in [4.69, 9.17) is 5.11 Å². The second-order valence-corrected chi connectivity index (χ2v) is 4.98. The SMILES string of the molecule is Cc1cccc(-c2ccc3[nH]c(C(=O)O)cc(=O)c3c2)c1. The van der Waals surface area contributed by atoms with Gasteiger partial charge in [-0.1, -0.05) is 35.9 Å². The highest BCUT2D eigenvalue weighted by Gasteiger charge is 2.09. The summed E-state index contributed by atoms with van der Waals surface area (Å²) in [7, 11) is 0. The van der Waals surface area contributed by atoms with E-state index in [9.17, 15) is 9.59 Å². The van der Waals surface area contributed by atoms with Gasteiger partial charge in [0.1, 0.15) is 5.69 Å². The Morgan fingerprint density at radius 3 is 2.52 bits per heavy atom. The van der Waals surface area contributed by atoms with Crippen LogP contribution in [0, 0.1) is 6.92 Å². The standard InChI is InChI=1S/C17H13NO3/c1-10-3-2-4-11(7-10)12-5-6-14-13(8-12)16(19)9-15(18-14)17(20)21/h2-9H,1H3,(H,18,19)(H,20,21). The fourth-order valence-electron chi connectivity index (χ4n) is 2.37. The number of fused-ring (bicyclic) bond motifs is 1. The van der Waals surface area contributed by atoms with Gasteiger partial charge in [0.05, 0.1) is 0 Å². The van der Waals surface area contributed by atoms with Crippen molar-refractivity contribution >= 4 is 16.9 Å². The third-order valence-corrected chi connectivity index (χ3v) is 3.41. The number of H-pyrrole nitrogens is 1. The molecule has 21 heavy (non-hydrogen) atoms. The number of benzene rings is 2. The molecule has 0 saturated heterocycles. The minimum atomic E-state index is -1.14. The lowest BCUT2D eigenvalue weighted by molar-refractivity contribution is 0.0691. The van der Waals surface area contributed by atoms with E-state index >= 15 is 0 Å². The van der Waals surface area contributed by atoms with Crippen LogP contribution >= 0.6 is 0 Å². The molecule has 0 unspecified atom stereocenters. The number of aryl methyl sites for hydroxylation is 1. The normalized spacial score (nSPS) is 10.7. The molecule has 3 aromatic rings. The van der Waals surface area contributed by atoms with Crippen molar-refractivity contribution in [3.05, 3.63) is 70.0 Å². The monoisotopic (exact) mass is 279 g/mol. The van der Waals surface area contributed by atoms with Crippen molar-refractivity contribution in [2.45, 2.75) is 6.92 Å². The summed E-state index contributed by atoms with van der Waals surface area (Å²) in [5, 5.41) is 9.45. The van der Waals surface area contributed by atoms with Crippen molar-refractivity contribution in [2.75, 3.05) is 0 Å². The van der Waals surface area contributed by atoms with Crippen LogP contribution < -0.4 is 5.43 Å². The molecule has 1 aromatic heterocycles. The molecule has 0 aliphatic heterocycles. The van der Waals surface area contributed by atoms with E-state index in [1.807, 2.05) is 37.3 Å². The summed E-state index contributed by atoms with van der Waals surface area (Å²) in [6.45, 7) is 2.01. The largest absolute Gasteiger partial charge is 0.477 e. The molecule has 2 N–H and O–H groups in total. The Bertz CT molecular complexity index is 909. The van der Waals surface area contributed by atoms with Gasteiger partial charge in [-0.05, 0) is 30.2 Å². The van der Waals surface area contributed by atoms with Crippen LogP contribution in [0.4, 0.5) is 0 Å². The Labute approximate surface area is 120 Å². The van der Waals surface area contributed by atoms with Gasteiger partial charge in [0.25, 0.3) is 0 Å². The molecule has 4 heteroatoms.